The summed E-state index contributed by atoms with van der Waals surface area (Å²) in [6, 6.07) is 0. The minimum absolute atomic E-state index is 0.0347. The number of rotatable bonds is 7. The van der Waals surface area contributed by atoms with Crippen molar-refractivity contribution in [3.05, 3.63) is 58.5 Å². The number of carbonyl (C=O) groups is 5. The molecule has 1 aliphatic carbocycles. The van der Waals surface area contributed by atoms with Crippen LogP contribution in [0.3, 0.4) is 0 Å². The molecule has 3 aliphatic rings. The van der Waals surface area contributed by atoms with Crippen molar-refractivity contribution in [3.8, 4) is 0 Å². The first-order valence-electron chi connectivity index (χ1n) is 16.1. The largest absolute Gasteiger partial charge is 0.457 e. The molecule has 0 spiro atoms. The maximum Gasteiger partial charge on any atom is 0.409 e. The highest BCUT2D eigenvalue weighted by Crippen LogP contribution is 2.31. The maximum absolute atomic E-state index is 14.0. The van der Waals surface area contributed by atoms with E-state index in [9.17, 15) is 29.1 Å². The van der Waals surface area contributed by atoms with E-state index in [4.69, 9.17) is 14.2 Å². The summed E-state index contributed by atoms with van der Waals surface area (Å²) in [5.74, 6) is -2.97. The van der Waals surface area contributed by atoms with E-state index < -0.39 is 65.4 Å². The summed E-state index contributed by atoms with van der Waals surface area (Å²) in [5.41, 5.74) is -0.351. The van der Waals surface area contributed by atoms with Crippen LogP contribution in [-0.2, 0) is 33.4 Å². The van der Waals surface area contributed by atoms with E-state index in [0.717, 1.165) is 11.0 Å². The van der Waals surface area contributed by atoms with Gasteiger partial charge in [0.15, 0.2) is 5.72 Å². The van der Waals surface area contributed by atoms with Gasteiger partial charge in [0.05, 0.1) is 23.7 Å². The third-order valence-corrected chi connectivity index (χ3v) is 8.57. The van der Waals surface area contributed by atoms with Crippen LogP contribution in [0.15, 0.2) is 58.5 Å². The van der Waals surface area contributed by atoms with Gasteiger partial charge >= 0.3 is 12.1 Å². The molecule has 5 atom stereocenters. The van der Waals surface area contributed by atoms with Gasteiger partial charge in [0.1, 0.15) is 18.3 Å². The molecule has 2 amide bonds. The highest BCUT2D eigenvalue weighted by Gasteiger charge is 2.46. The van der Waals surface area contributed by atoms with Crippen molar-refractivity contribution in [2.24, 2.45) is 11.8 Å². The number of nitrogens with zero attached hydrogens (tertiary/aromatic N) is 2. The smallest absolute Gasteiger partial charge is 0.409 e. The van der Waals surface area contributed by atoms with Crippen LogP contribution in [0.1, 0.15) is 53.9 Å². The Morgan fingerprint density at radius 1 is 1.23 bits per heavy atom. The van der Waals surface area contributed by atoms with E-state index >= 15 is 0 Å². The second-order valence-corrected chi connectivity index (χ2v) is 13.2. The lowest BCUT2D eigenvalue weighted by Gasteiger charge is -2.41. The molecule has 0 saturated carbocycles. The van der Waals surface area contributed by atoms with Gasteiger partial charge in [-0.05, 0) is 39.9 Å². The van der Waals surface area contributed by atoms with Gasteiger partial charge in [0.2, 0.25) is 17.5 Å². The molecule has 0 radical (unpaired) electrons. The molecule has 264 valence electrons. The number of Topliss-reactive ketones (excluding diaryl/α,β-unsaturated/α-hetero) is 1. The van der Waals surface area contributed by atoms with Crippen molar-refractivity contribution in [3.63, 3.8) is 0 Å². The SMILES string of the molecule is COC1/C=C/C=C(\C)CC2=C(NCCN(C)C)C(=O)C=C(C2=O)N(C)C(=O)CC(OC(=O)C(C)C)/C(C)=C/C(C)C2CC1(O)NC(=O)O2. The quantitative estimate of drug-likeness (QED) is 0.207. The molecule has 0 aromatic carbocycles. The monoisotopic (exact) mass is 670 g/mol. The Morgan fingerprint density at radius 3 is 2.54 bits per heavy atom. The predicted octanol–water partition coefficient (Wildman–Crippen LogP) is 2.53. The fourth-order valence-corrected chi connectivity index (χ4v) is 5.64. The van der Waals surface area contributed by atoms with E-state index in [1.807, 2.05) is 19.0 Å². The van der Waals surface area contributed by atoms with Gasteiger partial charge in [0.25, 0.3) is 0 Å². The predicted molar refractivity (Wildman–Crippen MR) is 178 cm³/mol. The van der Waals surface area contributed by atoms with Gasteiger partial charge < -0.3 is 34.4 Å². The summed E-state index contributed by atoms with van der Waals surface area (Å²) >= 11 is 0. The van der Waals surface area contributed by atoms with Gasteiger partial charge in [-0.3, -0.25) is 24.5 Å². The summed E-state index contributed by atoms with van der Waals surface area (Å²) in [6.07, 6.45) is 3.96. The molecule has 5 unspecified atom stereocenters. The molecule has 0 aromatic rings. The maximum atomic E-state index is 14.0. The number of likely N-dealkylation sites (N-methyl/N-ethyl adjacent to an activating group) is 2. The number of nitrogens with one attached hydrogen (secondary N) is 2. The van der Waals surface area contributed by atoms with Gasteiger partial charge in [0, 0.05) is 51.2 Å². The number of aliphatic hydroxyl groups is 1. The average molecular weight is 671 g/mol. The molecule has 3 rings (SSSR count). The second-order valence-electron chi connectivity index (χ2n) is 13.2. The molecule has 2 aliphatic heterocycles. The van der Waals surface area contributed by atoms with Crippen LogP contribution in [0.2, 0.25) is 0 Å². The number of amides is 2. The average Bonchev–Trinajstić information content (AvgIpc) is 3.00. The fourth-order valence-electron chi connectivity index (χ4n) is 5.64. The zero-order valence-corrected chi connectivity index (χ0v) is 29.4. The minimum Gasteiger partial charge on any atom is -0.457 e. The molecule has 13 nitrogen and oxygen atoms in total. The zero-order valence-electron chi connectivity index (χ0n) is 29.4. The van der Waals surface area contributed by atoms with Crippen molar-refractivity contribution in [1.82, 2.24) is 20.4 Å². The van der Waals surface area contributed by atoms with Gasteiger partial charge in [-0.2, -0.15) is 0 Å². The van der Waals surface area contributed by atoms with Gasteiger partial charge in [-0.25, -0.2) is 4.79 Å². The van der Waals surface area contributed by atoms with Crippen LogP contribution >= 0.6 is 0 Å². The number of hydrogen-bond donors (Lipinski definition) is 3. The molecule has 0 aromatic heterocycles. The highest BCUT2D eigenvalue weighted by molar-refractivity contribution is 6.23. The van der Waals surface area contributed by atoms with Crippen molar-refractivity contribution in [1.29, 1.82) is 0 Å². The number of alkyl carbamates (subject to hydrolysis) is 1. The lowest BCUT2D eigenvalue weighted by molar-refractivity contribution is -0.152. The van der Waals surface area contributed by atoms with Crippen molar-refractivity contribution < 1.29 is 43.3 Å². The van der Waals surface area contributed by atoms with E-state index in [-0.39, 0.29) is 36.2 Å². The Kier molecular flexibility index (Phi) is 13.1. The number of methoxy groups -OCH3 is 1. The van der Waals surface area contributed by atoms with Crippen LogP contribution in [0.4, 0.5) is 4.79 Å². The van der Waals surface area contributed by atoms with Crippen LogP contribution in [0, 0.1) is 11.8 Å². The Morgan fingerprint density at radius 2 is 1.92 bits per heavy atom. The summed E-state index contributed by atoms with van der Waals surface area (Å²) in [5, 5.41) is 17.2. The summed E-state index contributed by atoms with van der Waals surface area (Å²) < 4.78 is 16.9. The highest BCUT2D eigenvalue weighted by atomic mass is 16.6. The molecule has 1 fully saturated rings. The number of carbonyl (C=O) groups excluding carboxylic acids is 5. The molecular formula is C35H50N4O9. The standard InChI is InChI=1S/C35H50N4O9/c1-20(2)33(43)47-27-18-30(41)39(8)25-17-26(40)31(36-13-14-38(6)7)24(32(25)42)15-21(3)11-10-12-29(46-9)35(45)19-28(48-34(44)37-35)23(5)16-22(27)4/h10-12,16-17,20,23,27-29,36,45H,13-15,18-19H2,1-9H3,(H,37,44)/b12-10+,21-11+,22-16+. The van der Waals surface area contributed by atoms with E-state index in [0.29, 0.717) is 24.2 Å². The molecular weight excluding hydrogens is 620 g/mol. The molecule has 48 heavy (non-hydrogen) atoms. The number of esters is 1. The number of ketones is 2. The first-order valence-corrected chi connectivity index (χ1v) is 16.1. The molecule has 3 N–H and O–H groups in total. The topological polar surface area (TPSA) is 164 Å². The number of fused-ring (bicyclic) bond motifs is 4. The fraction of sp³-hybridized carbons (Fsp3) is 0.571. The Bertz CT molecular complexity index is 1440. The Balaban J connectivity index is 2.15. The minimum atomic E-state index is -1.83. The number of allylic oxidation sites excluding steroid dienone is 5. The van der Waals surface area contributed by atoms with Crippen LogP contribution in [-0.4, -0.2) is 110 Å². The van der Waals surface area contributed by atoms with Crippen molar-refractivity contribution >= 4 is 29.5 Å². The van der Waals surface area contributed by atoms with Crippen LogP contribution in [0.25, 0.3) is 0 Å². The molecule has 13 heteroatoms. The Labute approximate surface area is 282 Å². The van der Waals surface area contributed by atoms with Crippen LogP contribution in [0.5, 0.6) is 0 Å². The van der Waals surface area contributed by atoms with E-state index in [2.05, 4.69) is 10.6 Å². The van der Waals surface area contributed by atoms with Crippen molar-refractivity contribution in [2.75, 3.05) is 41.3 Å². The molecule has 2 heterocycles. The zero-order chi connectivity index (χ0) is 35.9. The summed E-state index contributed by atoms with van der Waals surface area (Å²) in [4.78, 5) is 69.7. The third kappa shape index (κ3) is 9.51. The lowest BCUT2D eigenvalue weighted by Crippen LogP contribution is -2.63. The Hall–Kier alpha value is -4.07. The summed E-state index contributed by atoms with van der Waals surface area (Å²) in [6.45, 7) is 9.61. The number of ether oxygens (including phenoxy) is 3. The number of hydrogen-bond acceptors (Lipinski definition) is 11. The summed E-state index contributed by atoms with van der Waals surface area (Å²) in [7, 11) is 6.60. The van der Waals surface area contributed by atoms with Crippen molar-refractivity contribution in [2.45, 2.75) is 77.9 Å². The van der Waals surface area contributed by atoms with E-state index in [1.165, 1.54) is 14.2 Å². The van der Waals surface area contributed by atoms with E-state index in [1.54, 1.807) is 58.9 Å². The first kappa shape index (κ1) is 38.4. The van der Waals surface area contributed by atoms with Gasteiger partial charge in [-0.1, -0.05) is 50.6 Å². The normalized spacial score (nSPS) is 30.6. The first-order chi connectivity index (χ1) is 22.5. The second kappa shape index (κ2) is 16.4. The van der Waals surface area contributed by atoms with Crippen LogP contribution < -0.4 is 10.6 Å². The third-order valence-electron chi connectivity index (χ3n) is 8.57. The lowest BCUT2D eigenvalue weighted by atomic mass is 9.89. The van der Waals surface area contributed by atoms with Gasteiger partial charge in [-0.15, -0.1) is 0 Å². The molecule has 4 bridgehead atoms. The molecule has 1 saturated heterocycles.